The third-order valence-electron chi connectivity index (χ3n) is 4.85. The minimum Gasteiger partial charge on any atom is -0.348 e. The maximum atomic E-state index is 13.8. The van der Waals surface area contributed by atoms with Gasteiger partial charge >= 0.3 is 0 Å². The number of nitrogens with zero attached hydrogens (tertiary/aromatic N) is 7. The molecular formula is C19H21F2N7O. The van der Waals surface area contributed by atoms with Crippen molar-refractivity contribution in [1.82, 2.24) is 29.9 Å². The number of aryl methyl sites for hydroxylation is 1. The summed E-state index contributed by atoms with van der Waals surface area (Å²) in [5.74, 6) is -2.53. The molecule has 3 aromatic rings. The smallest absolute Gasteiger partial charge is 0.283 e. The molecule has 4 heterocycles. The monoisotopic (exact) mass is 401 g/mol. The first-order valence-corrected chi connectivity index (χ1v) is 9.30. The lowest BCUT2D eigenvalue weighted by Gasteiger charge is -2.22. The number of halogens is 2. The number of carbonyl (C=O) groups excluding carboxylic acids is 1. The first kappa shape index (κ1) is 19.3. The molecule has 1 aliphatic rings. The summed E-state index contributed by atoms with van der Waals surface area (Å²) in [5, 5.41) is 8.05. The van der Waals surface area contributed by atoms with E-state index in [1.54, 1.807) is 25.3 Å². The molecule has 1 aliphatic heterocycles. The molecule has 0 aliphatic carbocycles. The fraction of sp³-hybridized carbons (Fsp3) is 0.474. The lowest BCUT2D eigenvalue weighted by Crippen LogP contribution is -2.28. The number of aromatic nitrogens is 6. The highest BCUT2D eigenvalue weighted by atomic mass is 19.3. The molecule has 0 spiro atoms. The van der Waals surface area contributed by atoms with Gasteiger partial charge < -0.3 is 4.90 Å². The zero-order valence-corrected chi connectivity index (χ0v) is 16.6. The van der Waals surface area contributed by atoms with E-state index in [9.17, 15) is 13.6 Å². The van der Waals surface area contributed by atoms with Gasteiger partial charge in [-0.15, -0.1) is 5.10 Å². The Morgan fingerprint density at radius 3 is 2.62 bits per heavy atom. The Labute approximate surface area is 166 Å². The number of fused-ring (bicyclic) bond motifs is 1. The van der Waals surface area contributed by atoms with Crippen LogP contribution in [0.15, 0.2) is 18.3 Å². The van der Waals surface area contributed by atoms with Gasteiger partial charge in [0.25, 0.3) is 11.8 Å². The largest absolute Gasteiger partial charge is 0.348 e. The number of hydrogen-bond acceptors (Lipinski definition) is 7. The SMILES string of the molecule is Cc1ncccc1C(=O)n1nnc2c(N3CCC(F)(F)C3)nc(C(C)(C)C)nc21. The number of carbonyl (C=O) groups is 1. The summed E-state index contributed by atoms with van der Waals surface area (Å²) in [6.45, 7) is 7.16. The van der Waals surface area contributed by atoms with E-state index in [-0.39, 0.29) is 29.9 Å². The lowest BCUT2D eigenvalue weighted by molar-refractivity contribution is 0.0257. The van der Waals surface area contributed by atoms with Gasteiger partial charge in [-0.05, 0) is 19.1 Å². The van der Waals surface area contributed by atoms with Crippen molar-refractivity contribution in [3.63, 3.8) is 0 Å². The normalized spacial score (nSPS) is 16.6. The molecule has 0 atom stereocenters. The van der Waals surface area contributed by atoms with Crippen molar-refractivity contribution in [3.05, 3.63) is 35.4 Å². The highest BCUT2D eigenvalue weighted by molar-refractivity contribution is 6.01. The lowest BCUT2D eigenvalue weighted by atomic mass is 9.96. The fourth-order valence-corrected chi connectivity index (χ4v) is 3.23. The van der Waals surface area contributed by atoms with Gasteiger partial charge in [-0.25, -0.2) is 18.7 Å². The molecule has 4 rings (SSSR count). The molecule has 1 fully saturated rings. The van der Waals surface area contributed by atoms with Crippen molar-refractivity contribution in [2.24, 2.45) is 0 Å². The molecule has 0 aromatic carbocycles. The van der Waals surface area contributed by atoms with Gasteiger partial charge in [-0.1, -0.05) is 26.0 Å². The van der Waals surface area contributed by atoms with Crippen LogP contribution in [0.5, 0.6) is 0 Å². The molecule has 8 nitrogen and oxygen atoms in total. The van der Waals surface area contributed by atoms with Crippen molar-refractivity contribution in [2.75, 3.05) is 18.0 Å². The van der Waals surface area contributed by atoms with Gasteiger partial charge in [0.15, 0.2) is 17.0 Å². The zero-order chi connectivity index (χ0) is 21.0. The molecule has 1 saturated heterocycles. The van der Waals surface area contributed by atoms with E-state index in [1.165, 1.54) is 4.90 Å². The maximum Gasteiger partial charge on any atom is 0.283 e. The Hall–Kier alpha value is -3.04. The summed E-state index contributed by atoms with van der Waals surface area (Å²) in [7, 11) is 0. The minimum absolute atomic E-state index is 0.144. The Bertz CT molecular complexity index is 1100. The number of rotatable bonds is 2. The van der Waals surface area contributed by atoms with Crippen LogP contribution in [0, 0.1) is 6.92 Å². The van der Waals surface area contributed by atoms with Crippen molar-refractivity contribution < 1.29 is 13.6 Å². The topological polar surface area (TPSA) is 89.7 Å². The van der Waals surface area contributed by atoms with Crippen molar-refractivity contribution in [2.45, 2.75) is 45.5 Å². The van der Waals surface area contributed by atoms with Crippen LogP contribution in [-0.4, -0.2) is 54.9 Å². The molecule has 10 heteroatoms. The molecule has 3 aromatic heterocycles. The molecule has 152 valence electrons. The van der Waals surface area contributed by atoms with Crippen LogP contribution in [-0.2, 0) is 5.41 Å². The molecule has 29 heavy (non-hydrogen) atoms. The van der Waals surface area contributed by atoms with Crippen LogP contribution in [0.1, 0.15) is 49.1 Å². The maximum absolute atomic E-state index is 13.8. The van der Waals surface area contributed by atoms with Gasteiger partial charge in [0, 0.05) is 24.6 Å². The van der Waals surface area contributed by atoms with Gasteiger partial charge in [-0.3, -0.25) is 9.78 Å². The zero-order valence-electron chi connectivity index (χ0n) is 16.6. The predicted molar refractivity (Wildman–Crippen MR) is 102 cm³/mol. The summed E-state index contributed by atoms with van der Waals surface area (Å²) < 4.78 is 28.7. The van der Waals surface area contributed by atoms with Crippen LogP contribution >= 0.6 is 0 Å². The number of alkyl halides is 2. The molecular weight excluding hydrogens is 380 g/mol. The third kappa shape index (κ3) is 3.43. The molecule has 0 saturated carbocycles. The van der Waals surface area contributed by atoms with Crippen molar-refractivity contribution >= 4 is 22.9 Å². The Balaban J connectivity index is 1.90. The summed E-state index contributed by atoms with van der Waals surface area (Å²) in [5.41, 5.74) is 0.872. The van der Waals surface area contributed by atoms with E-state index in [0.29, 0.717) is 17.1 Å². The van der Waals surface area contributed by atoms with Crippen molar-refractivity contribution in [1.29, 1.82) is 0 Å². The van der Waals surface area contributed by atoms with E-state index < -0.39 is 23.8 Å². The molecule has 0 radical (unpaired) electrons. The molecule has 0 unspecified atom stereocenters. The van der Waals surface area contributed by atoms with Gasteiger partial charge in [0.05, 0.1) is 17.8 Å². The average Bonchev–Trinajstić information content (AvgIpc) is 3.23. The van der Waals surface area contributed by atoms with E-state index in [2.05, 4.69) is 25.3 Å². The van der Waals surface area contributed by atoms with Gasteiger partial charge in [0.1, 0.15) is 5.82 Å². The van der Waals surface area contributed by atoms with Crippen LogP contribution in [0.2, 0.25) is 0 Å². The Kier molecular flexibility index (Phi) is 4.32. The van der Waals surface area contributed by atoms with E-state index >= 15 is 0 Å². The quantitative estimate of drug-likeness (QED) is 0.652. The van der Waals surface area contributed by atoms with E-state index in [4.69, 9.17) is 0 Å². The highest BCUT2D eigenvalue weighted by Gasteiger charge is 2.40. The number of hydrogen-bond donors (Lipinski definition) is 0. The molecule has 0 N–H and O–H groups in total. The Morgan fingerprint density at radius 2 is 2.00 bits per heavy atom. The molecule has 0 amide bonds. The summed E-state index contributed by atoms with van der Waals surface area (Å²) >= 11 is 0. The minimum atomic E-state index is -2.79. The van der Waals surface area contributed by atoms with Crippen LogP contribution in [0.4, 0.5) is 14.6 Å². The predicted octanol–water partition coefficient (Wildman–Crippen LogP) is 2.76. The second-order valence-corrected chi connectivity index (χ2v) is 8.26. The Morgan fingerprint density at radius 1 is 1.24 bits per heavy atom. The first-order chi connectivity index (χ1) is 13.6. The highest BCUT2D eigenvalue weighted by Crippen LogP contribution is 2.34. The van der Waals surface area contributed by atoms with E-state index in [0.717, 1.165) is 4.68 Å². The third-order valence-corrected chi connectivity index (χ3v) is 4.85. The van der Waals surface area contributed by atoms with Crippen LogP contribution in [0.3, 0.4) is 0 Å². The summed E-state index contributed by atoms with van der Waals surface area (Å²) in [4.78, 5) is 27.7. The van der Waals surface area contributed by atoms with Crippen molar-refractivity contribution in [3.8, 4) is 0 Å². The summed E-state index contributed by atoms with van der Waals surface area (Å²) in [6.07, 6.45) is 1.34. The van der Waals surface area contributed by atoms with E-state index in [1.807, 2.05) is 20.8 Å². The van der Waals surface area contributed by atoms with Gasteiger partial charge in [-0.2, -0.15) is 4.68 Å². The van der Waals surface area contributed by atoms with Gasteiger partial charge in [0.2, 0.25) is 0 Å². The second-order valence-electron chi connectivity index (χ2n) is 8.26. The standard InChI is InChI=1S/C19H21F2N7O/c1-11-12(6-5-8-22-11)16(29)28-15-13(25-26-28)14(23-17(24-15)18(2,3)4)27-9-7-19(20,21)10-27/h5-6,8H,7,9-10H2,1-4H3. The summed E-state index contributed by atoms with van der Waals surface area (Å²) in [6, 6.07) is 3.30. The molecule has 0 bridgehead atoms. The average molecular weight is 401 g/mol. The fourth-order valence-electron chi connectivity index (χ4n) is 3.23. The van der Waals surface area contributed by atoms with Crippen LogP contribution < -0.4 is 4.90 Å². The van der Waals surface area contributed by atoms with Crippen LogP contribution in [0.25, 0.3) is 11.2 Å². The number of pyridine rings is 1. The first-order valence-electron chi connectivity index (χ1n) is 9.30. The number of anilines is 1. The second kappa shape index (κ2) is 6.50.